The largest absolute Gasteiger partial charge is 0.477 e. The number of nitrogens with zero attached hydrogens (tertiary/aromatic N) is 1. The van der Waals surface area contributed by atoms with Gasteiger partial charge in [0.25, 0.3) is 5.56 Å². The van der Waals surface area contributed by atoms with E-state index in [0.717, 1.165) is 35.1 Å². The van der Waals surface area contributed by atoms with Crippen molar-refractivity contribution in [3.05, 3.63) is 68.9 Å². The van der Waals surface area contributed by atoms with Gasteiger partial charge in [-0.25, -0.2) is 9.18 Å². The van der Waals surface area contributed by atoms with E-state index in [1.54, 1.807) is 18.3 Å². The van der Waals surface area contributed by atoms with E-state index in [-0.39, 0.29) is 17.2 Å². The highest BCUT2D eigenvalue weighted by Crippen LogP contribution is 2.43. The number of carboxylic acids is 1. The van der Waals surface area contributed by atoms with Gasteiger partial charge in [-0.1, -0.05) is 0 Å². The van der Waals surface area contributed by atoms with Crippen molar-refractivity contribution in [1.29, 1.82) is 0 Å². The molecule has 27 heavy (non-hydrogen) atoms. The van der Waals surface area contributed by atoms with Crippen LogP contribution in [-0.2, 0) is 0 Å². The molecule has 0 saturated heterocycles. The Bertz CT molecular complexity index is 1180. The van der Waals surface area contributed by atoms with Crippen molar-refractivity contribution in [2.24, 2.45) is 0 Å². The third kappa shape index (κ3) is 2.68. The second-order valence-corrected chi connectivity index (χ2v) is 7.16. The third-order valence-electron chi connectivity index (χ3n) is 5.29. The van der Waals surface area contributed by atoms with E-state index in [1.165, 1.54) is 16.5 Å². The van der Waals surface area contributed by atoms with Crippen LogP contribution in [0, 0.1) is 19.7 Å². The van der Waals surface area contributed by atoms with Crippen LogP contribution in [0.3, 0.4) is 0 Å². The molecule has 0 amide bonds. The van der Waals surface area contributed by atoms with Gasteiger partial charge in [0.2, 0.25) is 0 Å². The Morgan fingerprint density at radius 1 is 1.22 bits per heavy atom. The van der Waals surface area contributed by atoms with E-state index in [2.05, 4.69) is 0 Å². The van der Waals surface area contributed by atoms with Crippen molar-refractivity contribution in [2.75, 3.05) is 5.73 Å². The first-order valence-electron chi connectivity index (χ1n) is 8.77. The van der Waals surface area contributed by atoms with Gasteiger partial charge in [-0.15, -0.1) is 0 Å². The lowest BCUT2D eigenvalue weighted by Crippen LogP contribution is -2.23. The number of hydrogen-bond donors (Lipinski definition) is 2. The molecule has 0 atom stereocenters. The molecule has 0 spiro atoms. The fourth-order valence-electron chi connectivity index (χ4n) is 3.74. The monoisotopic (exact) mass is 366 g/mol. The van der Waals surface area contributed by atoms with Crippen molar-refractivity contribution in [1.82, 2.24) is 4.40 Å². The molecule has 3 aromatic rings. The molecule has 1 saturated carbocycles. The lowest BCUT2D eigenvalue weighted by Gasteiger charge is -2.17. The summed E-state index contributed by atoms with van der Waals surface area (Å²) in [6.07, 6.45) is 3.50. The molecule has 5 nitrogen and oxygen atoms in total. The summed E-state index contributed by atoms with van der Waals surface area (Å²) >= 11 is 0. The van der Waals surface area contributed by atoms with Crippen LogP contribution in [0.1, 0.15) is 45.8 Å². The fraction of sp³-hybridized carbons (Fsp3) is 0.238. The van der Waals surface area contributed by atoms with Gasteiger partial charge in [-0.2, -0.15) is 0 Å². The number of benzene rings is 1. The minimum absolute atomic E-state index is 0.0932. The molecule has 0 radical (unpaired) electrons. The van der Waals surface area contributed by atoms with Gasteiger partial charge in [0.15, 0.2) is 0 Å². The summed E-state index contributed by atoms with van der Waals surface area (Å²) in [5.74, 6) is -1.47. The van der Waals surface area contributed by atoms with Gasteiger partial charge in [0.05, 0.1) is 11.2 Å². The Hall–Kier alpha value is -3.15. The van der Waals surface area contributed by atoms with Crippen molar-refractivity contribution >= 4 is 17.2 Å². The second kappa shape index (κ2) is 5.94. The van der Waals surface area contributed by atoms with Gasteiger partial charge in [0, 0.05) is 6.20 Å². The Morgan fingerprint density at radius 3 is 2.56 bits per heavy atom. The van der Waals surface area contributed by atoms with E-state index in [4.69, 9.17) is 5.73 Å². The van der Waals surface area contributed by atoms with Crippen molar-refractivity contribution in [2.45, 2.75) is 32.6 Å². The Balaban J connectivity index is 2.07. The molecule has 1 fully saturated rings. The molecule has 3 N–H and O–H groups in total. The van der Waals surface area contributed by atoms with E-state index in [9.17, 15) is 19.1 Å². The maximum Gasteiger partial charge on any atom is 0.341 e. The molecule has 1 aromatic carbocycles. The van der Waals surface area contributed by atoms with Crippen LogP contribution in [0.5, 0.6) is 0 Å². The lowest BCUT2D eigenvalue weighted by molar-refractivity contribution is 0.0694. The van der Waals surface area contributed by atoms with Crippen molar-refractivity contribution in [3.8, 4) is 11.1 Å². The van der Waals surface area contributed by atoms with Crippen molar-refractivity contribution in [3.63, 3.8) is 0 Å². The number of fused-ring (bicyclic) bond motifs is 1. The normalized spacial score (nSPS) is 13.9. The SMILES string of the molecule is Cc1cc(N)c(F)cc1-c1ccn2c(=O)c(C(=O)O)cc(C3CC3)c2c1C. The molecular formula is C21H19FN2O3. The van der Waals surface area contributed by atoms with Crippen molar-refractivity contribution < 1.29 is 14.3 Å². The number of halogens is 1. The average Bonchev–Trinajstić information content (AvgIpc) is 3.44. The van der Waals surface area contributed by atoms with Crippen LogP contribution in [-0.4, -0.2) is 15.5 Å². The van der Waals surface area contributed by atoms with E-state index < -0.39 is 17.3 Å². The first kappa shape index (κ1) is 17.3. The molecule has 0 bridgehead atoms. The second-order valence-electron chi connectivity index (χ2n) is 7.16. The summed E-state index contributed by atoms with van der Waals surface area (Å²) in [4.78, 5) is 24.1. The number of nitrogen functional groups attached to an aromatic ring is 1. The van der Waals surface area contributed by atoms with Gasteiger partial charge < -0.3 is 10.8 Å². The van der Waals surface area contributed by atoms with Crippen LogP contribution < -0.4 is 11.3 Å². The predicted molar refractivity (Wildman–Crippen MR) is 102 cm³/mol. The lowest BCUT2D eigenvalue weighted by atomic mass is 9.94. The number of carbonyl (C=O) groups is 1. The number of nitrogens with two attached hydrogens (primary N) is 1. The summed E-state index contributed by atoms with van der Waals surface area (Å²) in [7, 11) is 0. The summed E-state index contributed by atoms with van der Waals surface area (Å²) in [5.41, 5.74) is 9.70. The number of anilines is 1. The van der Waals surface area contributed by atoms with Crippen LogP contribution in [0.15, 0.2) is 35.3 Å². The van der Waals surface area contributed by atoms with Crippen LogP contribution >= 0.6 is 0 Å². The molecule has 4 rings (SSSR count). The summed E-state index contributed by atoms with van der Waals surface area (Å²) in [5, 5.41) is 9.38. The van der Waals surface area contributed by atoms with Crippen LogP contribution in [0.2, 0.25) is 0 Å². The molecule has 1 aliphatic carbocycles. The Labute approximate surface area is 154 Å². The third-order valence-corrected chi connectivity index (χ3v) is 5.29. The number of carboxylic acid groups (broad SMARTS) is 1. The molecule has 138 valence electrons. The molecular weight excluding hydrogens is 347 g/mol. The molecule has 0 unspecified atom stereocenters. The quantitative estimate of drug-likeness (QED) is 0.689. The predicted octanol–water partition coefficient (Wildman–Crippen LogP) is 3.88. The van der Waals surface area contributed by atoms with Crippen LogP contribution in [0.4, 0.5) is 10.1 Å². The Kier molecular flexibility index (Phi) is 3.80. The maximum atomic E-state index is 14.1. The number of aryl methyl sites for hydroxylation is 2. The van der Waals surface area contributed by atoms with Gasteiger partial charge in [-0.05, 0) is 84.7 Å². The summed E-state index contributed by atoms with van der Waals surface area (Å²) < 4.78 is 15.5. The summed E-state index contributed by atoms with van der Waals surface area (Å²) in [6, 6.07) is 6.23. The van der Waals surface area contributed by atoms with Gasteiger partial charge in [0.1, 0.15) is 11.4 Å². The highest BCUT2D eigenvalue weighted by Gasteiger charge is 2.29. The molecule has 2 aromatic heterocycles. The number of rotatable bonds is 3. The topological polar surface area (TPSA) is 84.8 Å². The maximum absolute atomic E-state index is 14.1. The zero-order valence-electron chi connectivity index (χ0n) is 15.0. The minimum Gasteiger partial charge on any atom is -0.477 e. The van der Waals surface area contributed by atoms with Gasteiger partial charge in [-0.3, -0.25) is 9.20 Å². The molecule has 1 aliphatic rings. The smallest absolute Gasteiger partial charge is 0.341 e. The molecule has 2 heterocycles. The first-order valence-corrected chi connectivity index (χ1v) is 8.77. The van der Waals surface area contributed by atoms with Gasteiger partial charge >= 0.3 is 5.97 Å². The average molecular weight is 366 g/mol. The molecule has 0 aliphatic heterocycles. The number of hydrogen-bond acceptors (Lipinski definition) is 3. The summed E-state index contributed by atoms with van der Waals surface area (Å²) in [6.45, 7) is 3.74. The minimum atomic E-state index is -1.23. The number of pyridine rings is 2. The number of aromatic nitrogens is 1. The van der Waals surface area contributed by atoms with E-state index in [0.29, 0.717) is 11.1 Å². The van der Waals surface area contributed by atoms with Crippen LogP contribution in [0.25, 0.3) is 16.6 Å². The standard InChI is InChI=1S/C21H19FN2O3/c1-10-7-18(23)17(22)9-14(10)13-5-6-24-19(11(13)2)15(12-3-4-12)8-16(20(24)25)21(26)27/h5-9,12H,3-4,23H2,1-2H3,(H,26,27). The zero-order chi connectivity index (χ0) is 19.5. The molecule has 6 heteroatoms. The Morgan fingerprint density at radius 2 is 1.93 bits per heavy atom. The first-order chi connectivity index (χ1) is 12.8. The highest BCUT2D eigenvalue weighted by atomic mass is 19.1. The zero-order valence-corrected chi connectivity index (χ0v) is 15.0. The van der Waals surface area contributed by atoms with E-state index >= 15 is 0 Å². The number of aromatic carboxylic acids is 1. The highest BCUT2D eigenvalue weighted by molar-refractivity contribution is 5.89. The fourth-order valence-corrected chi connectivity index (χ4v) is 3.74. The van der Waals surface area contributed by atoms with E-state index in [1.807, 2.05) is 13.8 Å².